The minimum Gasteiger partial charge on any atom is -0.480 e. The molecule has 20 heavy (non-hydrogen) atoms. The fourth-order valence-corrected chi connectivity index (χ4v) is 2.17. The lowest BCUT2D eigenvalue weighted by Crippen LogP contribution is -2.43. The zero-order valence-electron chi connectivity index (χ0n) is 11.1. The molecule has 0 aliphatic carbocycles. The Kier molecular flexibility index (Phi) is 5.44. The van der Waals surface area contributed by atoms with Crippen molar-refractivity contribution in [2.24, 2.45) is 5.73 Å². The number of nitrogens with zero attached hydrogens (tertiary/aromatic N) is 1. The molecule has 5 N–H and O–H groups in total. The SMILES string of the molecule is Cc1nc(NC(=O)NC(CCC(N)=O)C(=O)O)sc1C. The first-order valence-corrected chi connectivity index (χ1v) is 6.64. The van der Waals surface area contributed by atoms with Gasteiger partial charge in [-0.2, -0.15) is 0 Å². The molecule has 0 saturated carbocycles. The summed E-state index contributed by atoms with van der Waals surface area (Å²) in [6.45, 7) is 3.67. The van der Waals surface area contributed by atoms with Crippen LogP contribution in [-0.2, 0) is 9.59 Å². The Morgan fingerprint density at radius 3 is 2.50 bits per heavy atom. The van der Waals surface area contributed by atoms with Crippen molar-refractivity contribution in [2.45, 2.75) is 32.7 Å². The topological polar surface area (TPSA) is 134 Å². The van der Waals surface area contributed by atoms with E-state index in [0.717, 1.165) is 10.6 Å². The molecule has 110 valence electrons. The number of urea groups is 1. The molecule has 0 radical (unpaired) electrons. The fourth-order valence-electron chi connectivity index (χ4n) is 1.36. The predicted molar refractivity (Wildman–Crippen MR) is 73.6 cm³/mol. The number of anilines is 1. The van der Waals surface area contributed by atoms with Crippen LogP contribution in [0.3, 0.4) is 0 Å². The highest BCUT2D eigenvalue weighted by Gasteiger charge is 2.21. The summed E-state index contributed by atoms with van der Waals surface area (Å²) in [6.07, 6.45) is -0.180. The smallest absolute Gasteiger partial charge is 0.326 e. The Bertz CT molecular complexity index is 509. The van der Waals surface area contributed by atoms with Gasteiger partial charge in [0.2, 0.25) is 5.91 Å². The quantitative estimate of drug-likeness (QED) is 0.610. The van der Waals surface area contributed by atoms with Crippen LogP contribution in [0.4, 0.5) is 9.93 Å². The van der Waals surface area contributed by atoms with Crippen molar-refractivity contribution in [2.75, 3.05) is 5.32 Å². The van der Waals surface area contributed by atoms with E-state index in [4.69, 9.17) is 10.8 Å². The Morgan fingerprint density at radius 1 is 1.40 bits per heavy atom. The third kappa shape index (κ3) is 4.84. The third-order valence-electron chi connectivity index (χ3n) is 2.53. The molecular formula is C11H16N4O4S. The van der Waals surface area contributed by atoms with Gasteiger partial charge in [-0.25, -0.2) is 14.6 Å². The van der Waals surface area contributed by atoms with Gasteiger partial charge >= 0.3 is 12.0 Å². The Labute approximate surface area is 119 Å². The maximum Gasteiger partial charge on any atom is 0.326 e. The molecule has 0 aromatic carbocycles. The number of hydrogen-bond acceptors (Lipinski definition) is 5. The molecule has 0 aliphatic rings. The molecule has 1 aromatic rings. The van der Waals surface area contributed by atoms with E-state index in [1.807, 2.05) is 13.8 Å². The lowest BCUT2D eigenvalue weighted by Gasteiger charge is -2.13. The van der Waals surface area contributed by atoms with Crippen molar-refractivity contribution in [3.05, 3.63) is 10.6 Å². The first kappa shape index (κ1) is 15.9. The van der Waals surface area contributed by atoms with Gasteiger partial charge in [-0.05, 0) is 20.3 Å². The highest BCUT2D eigenvalue weighted by atomic mass is 32.1. The molecule has 0 fully saturated rings. The van der Waals surface area contributed by atoms with Gasteiger partial charge in [0.15, 0.2) is 5.13 Å². The van der Waals surface area contributed by atoms with Crippen LogP contribution in [-0.4, -0.2) is 34.0 Å². The number of nitrogens with one attached hydrogen (secondary N) is 2. The number of aromatic nitrogens is 1. The monoisotopic (exact) mass is 300 g/mol. The van der Waals surface area contributed by atoms with Gasteiger partial charge in [-0.15, -0.1) is 11.3 Å². The predicted octanol–water partition coefficient (Wildman–Crippen LogP) is 0.600. The van der Waals surface area contributed by atoms with Gasteiger partial charge in [0, 0.05) is 11.3 Å². The molecule has 1 unspecified atom stereocenters. The minimum absolute atomic E-state index is 0.0615. The summed E-state index contributed by atoms with van der Waals surface area (Å²) in [5.41, 5.74) is 5.75. The van der Waals surface area contributed by atoms with E-state index in [-0.39, 0.29) is 12.8 Å². The molecule has 0 aliphatic heterocycles. The van der Waals surface area contributed by atoms with E-state index in [0.29, 0.717) is 5.13 Å². The molecule has 9 heteroatoms. The molecule has 0 spiro atoms. The standard InChI is InChI=1S/C11H16N4O4S/c1-5-6(2)20-11(13-5)15-10(19)14-7(9(17)18)3-4-8(12)16/h7H,3-4H2,1-2H3,(H2,12,16)(H,17,18)(H2,13,14,15,19). The zero-order valence-corrected chi connectivity index (χ0v) is 11.9. The Balaban J connectivity index is 2.57. The van der Waals surface area contributed by atoms with Crippen LogP contribution in [0.15, 0.2) is 0 Å². The number of primary amides is 1. The molecule has 1 heterocycles. The normalized spacial score (nSPS) is 11.7. The number of hydrogen-bond donors (Lipinski definition) is 4. The van der Waals surface area contributed by atoms with Gasteiger partial charge in [-0.1, -0.05) is 0 Å². The van der Waals surface area contributed by atoms with Crippen LogP contribution < -0.4 is 16.4 Å². The number of thiazole rings is 1. The van der Waals surface area contributed by atoms with E-state index in [1.54, 1.807) is 0 Å². The first-order valence-electron chi connectivity index (χ1n) is 5.82. The molecule has 3 amide bonds. The van der Waals surface area contributed by atoms with Crippen molar-refractivity contribution in [1.29, 1.82) is 0 Å². The zero-order chi connectivity index (χ0) is 15.3. The number of amides is 3. The largest absolute Gasteiger partial charge is 0.480 e. The molecule has 1 rings (SSSR count). The number of carbonyl (C=O) groups excluding carboxylic acids is 2. The second-order valence-electron chi connectivity index (χ2n) is 4.15. The average Bonchev–Trinajstić information content (AvgIpc) is 2.62. The minimum atomic E-state index is -1.23. The van der Waals surface area contributed by atoms with Crippen LogP contribution in [0.5, 0.6) is 0 Å². The van der Waals surface area contributed by atoms with Crippen molar-refractivity contribution < 1.29 is 19.5 Å². The number of aliphatic carboxylic acids is 1. The number of carbonyl (C=O) groups is 3. The van der Waals surface area contributed by atoms with E-state index < -0.39 is 23.9 Å². The van der Waals surface area contributed by atoms with Crippen LogP contribution in [0.25, 0.3) is 0 Å². The van der Waals surface area contributed by atoms with Crippen molar-refractivity contribution >= 4 is 34.4 Å². The van der Waals surface area contributed by atoms with Crippen molar-refractivity contribution in [3.63, 3.8) is 0 Å². The van der Waals surface area contributed by atoms with Gasteiger partial charge in [0.25, 0.3) is 0 Å². The van der Waals surface area contributed by atoms with Crippen LogP contribution in [0.2, 0.25) is 0 Å². The molecule has 1 atom stereocenters. The lowest BCUT2D eigenvalue weighted by molar-refractivity contribution is -0.139. The summed E-state index contributed by atoms with van der Waals surface area (Å²) in [4.78, 5) is 38.3. The third-order valence-corrected chi connectivity index (χ3v) is 3.52. The molecular weight excluding hydrogens is 284 g/mol. The number of aryl methyl sites for hydroxylation is 2. The molecule has 1 aromatic heterocycles. The first-order chi connectivity index (χ1) is 9.29. The Hall–Kier alpha value is -2.16. The Morgan fingerprint density at radius 2 is 2.05 bits per heavy atom. The van der Waals surface area contributed by atoms with Crippen molar-refractivity contribution in [1.82, 2.24) is 10.3 Å². The number of rotatable bonds is 6. The summed E-state index contributed by atoms with van der Waals surface area (Å²) in [5, 5.41) is 14.0. The molecule has 0 bridgehead atoms. The van der Waals surface area contributed by atoms with Gasteiger partial charge < -0.3 is 16.2 Å². The lowest BCUT2D eigenvalue weighted by atomic mass is 10.1. The summed E-state index contributed by atoms with van der Waals surface area (Å²) < 4.78 is 0. The van der Waals surface area contributed by atoms with Gasteiger partial charge in [-0.3, -0.25) is 10.1 Å². The summed E-state index contributed by atoms with van der Waals surface area (Å²) in [6, 6.07) is -1.86. The van der Waals surface area contributed by atoms with E-state index in [9.17, 15) is 14.4 Å². The number of nitrogens with two attached hydrogens (primary N) is 1. The molecule has 0 saturated heterocycles. The van der Waals surface area contributed by atoms with E-state index in [1.165, 1.54) is 11.3 Å². The van der Waals surface area contributed by atoms with Crippen LogP contribution >= 0.6 is 11.3 Å². The summed E-state index contributed by atoms with van der Waals surface area (Å²) >= 11 is 1.29. The van der Waals surface area contributed by atoms with Gasteiger partial charge in [0.05, 0.1) is 5.69 Å². The maximum atomic E-state index is 11.7. The van der Waals surface area contributed by atoms with E-state index >= 15 is 0 Å². The summed E-state index contributed by atoms with van der Waals surface area (Å²) in [5.74, 6) is -1.85. The highest BCUT2D eigenvalue weighted by molar-refractivity contribution is 7.15. The van der Waals surface area contributed by atoms with Crippen molar-refractivity contribution in [3.8, 4) is 0 Å². The second-order valence-corrected chi connectivity index (χ2v) is 5.36. The molecule has 8 nitrogen and oxygen atoms in total. The number of carboxylic acid groups (broad SMARTS) is 1. The average molecular weight is 300 g/mol. The fraction of sp³-hybridized carbons (Fsp3) is 0.455. The van der Waals surface area contributed by atoms with Crippen LogP contribution in [0.1, 0.15) is 23.4 Å². The number of carboxylic acids is 1. The van der Waals surface area contributed by atoms with Gasteiger partial charge in [0.1, 0.15) is 6.04 Å². The summed E-state index contributed by atoms with van der Waals surface area (Å²) in [7, 11) is 0. The van der Waals surface area contributed by atoms with Crippen LogP contribution in [0, 0.1) is 13.8 Å². The van der Waals surface area contributed by atoms with E-state index in [2.05, 4.69) is 15.6 Å². The second kappa shape index (κ2) is 6.85. The maximum absolute atomic E-state index is 11.7. The highest BCUT2D eigenvalue weighted by Crippen LogP contribution is 2.20.